The van der Waals surface area contributed by atoms with E-state index in [1.165, 1.54) is 11.1 Å². The zero-order chi connectivity index (χ0) is 20.1. The van der Waals surface area contributed by atoms with Crippen LogP contribution in [0.25, 0.3) is 0 Å². The van der Waals surface area contributed by atoms with Crippen molar-refractivity contribution in [3.8, 4) is 0 Å². The van der Waals surface area contributed by atoms with Gasteiger partial charge in [-0.05, 0) is 48.4 Å². The molecule has 0 fully saturated rings. The topological polar surface area (TPSA) is 25.2 Å². The molecule has 0 aliphatic rings. The first-order chi connectivity index (χ1) is 13.5. The van der Waals surface area contributed by atoms with Crippen LogP contribution in [0.2, 0.25) is 10.0 Å². The number of carbonyl (C=O) groups excluding carboxylic acids is 1. The Labute approximate surface area is 175 Å². The van der Waals surface area contributed by atoms with E-state index in [0.717, 1.165) is 12.2 Å². The minimum Gasteiger partial charge on any atom is -0.345 e. The summed E-state index contributed by atoms with van der Waals surface area (Å²) in [6.45, 7) is 7.58. The molecule has 2 aromatic carbocycles. The lowest BCUT2D eigenvalue weighted by Crippen LogP contribution is -2.31. The molecule has 0 unspecified atom stereocenters. The van der Waals surface area contributed by atoms with Crippen LogP contribution in [-0.4, -0.2) is 21.9 Å². The second-order valence-corrected chi connectivity index (χ2v) is 7.47. The molecular formula is C23H22Cl2N2O. The molecule has 0 N–H and O–H groups in total. The largest absolute Gasteiger partial charge is 0.345 e. The molecule has 0 bridgehead atoms. The Morgan fingerprint density at radius 3 is 2.61 bits per heavy atom. The van der Waals surface area contributed by atoms with Gasteiger partial charge in [0.25, 0.3) is 5.91 Å². The number of amides is 1. The van der Waals surface area contributed by atoms with Gasteiger partial charge in [-0.2, -0.15) is 0 Å². The van der Waals surface area contributed by atoms with Gasteiger partial charge in [0, 0.05) is 30.5 Å². The average Bonchev–Trinajstić information content (AvgIpc) is 3.11. The number of benzene rings is 2. The lowest BCUT2D eigenvalue weighted by Gasteiger charge is -2.23. The quantitative estimate of drug-likeness (QED) is 0.438. The molecule has 28 heavy (non-hydrogen) atoms. The highest BCUT2D eigenvalue weighted by atomic mass is 35.5. The summed E-state index contributed by atoms with van der Waals surface area (Å²) in [5, 5.41) is 0.801. The van der Waals surface area contributed by atoms with Crippen molar-refractivity contribution in [2.75, 3.05) is 6.54 Å². The SMILES string of the molecule is C=CCN(Cc1cccn1Cc1ccccc1C)C(=O)c1ccc(Cl)c(Cl)c1. The molecule has 0 aliphatic heterocycles. The van der Waals surface area contributed by atoms with E-state index in [0.29, 0.717) is 28.7 Å². The number of hydrogen-bond donors (Lipinski definition) is 0. The van der Waals surface area contributed by atoms with Gasteiger partial charge < -0.3 is 9.47 Å². The van der Waals surface area contributed by atoms with Gasteiger partial charge in [-0.1, -0.05) is 53.5 Å². The maximum absolute atomic E-state index is 13.0. The van der Waals surface area contributed by atoms with Crippen LogP contribution in [0.1, 0.15) is 27.2 Å². The summed E-state index contributed by atoms with van der Waals surface area (Å²) in [5.41, 5.74) is 4.06. The Balaban J connectivity index is 1.82. The molecule has 1 aromatic heterocycles. The predicted octanol–water partition coefficient (Wildman–Crippen LogP) is 5.98. The van der Waals surface area contributed by atoms with E-state index in [-0.39, 0.29) is 5.91 Å². The number of halogens is 2. The Hall–Kier alpha value is -2.49. The molecule has 3 rings (SSSR count). The van der Waals surface area contributed by atoms with Gasteiger partial charge in [-0.25, -0.2) is 0 Å². The number of aryl methyl sites for hydroxylation is 1. The third-order valence-electron chi connectivity index (χ3n) is 4.68. The Kier molecular flexibility index (Phi) is 6.61. The van der Waals surface area contributed by atoms with Crippen molar-refractivity contribution >= 4 is 29.1 Å². The minimum absolute atomic E-state index is 0.109. The van der Waals surface area contributed by atoms with E-state index in [4.69, 9.17) is 23.2 Å². The molecule has 0 aliphatic carbocycles. The van der Waals surface area contributed by atoms with Gasteiger partial charge >= 0.3 is 0 Å². The maximum atomic E-state index is 13.0. The fourth-order valence-corrected chi connectivity index (χ4v) is 3.40. The van der Waals surface area contributed by atoms with Gasteiger partial charge in [0.05, 0.1) is 16.6 Å². The highest BCUT2D eigenvalue weighted by Crippen LogP contribution is 2.24. The number of nitrogens with zero attached hydrogens (tertiary/aromatic N) is 2. The van der Waals surface area contributed by atoms with E-state index in [9.17, 15) is 4.79 Å². The highest BCUT2D eigenvalue weighted by Gasteiger charge is 2.18. The van der Waals surface area contributed by atoms with Crippen LogP contribution in [0.5, 0.6) is 0 Å². The van der Waals surface area contributed by atoms with E-state index >= 15 is 0 Å². The van der Waals surface area contributed by atoms with Crippen molar-refractivity contribution in [1.82, 2.24) is 9.47 Å². The normalized spacial score (nSPS) is 10.7. The van der Waals surface area contributed by atoms with Gasteiger partial charge in [-0.3, -0.25) is 4.79 Å². The third-order valence-corrected chi connectivity index (χ3v) is 5.42. The summed E-state index contributed by atoms with van der Waals surface area (Å²) in [5.74, 6) is -0.109. The summed E-state index contributed by atoms with van der Waals surface area (Å²) >= 11 is 12.1. The Bertz CT molecular complexity index is 994. The van der Waals surface area contributed by atoms with Crippen LogP contribution >= 0.6 is 23.2 Å². The fraction of sp³-hybridized carbons (Fsp3) is 0.174. The molecule has 1 amide bonds. The molecule has 0 atom stereocenters. The maximum Gasteiger partial charge on any atom is 0.254 e. The Morgan fingerprint density at radius 2 is 1.89 bits per heavy atom. The first-order valence-electron chi connectivity index (χ1n) is 9.03. The lowest BCUT2D eigenvalue weighted by molar-refractivity contribution is 0.0759. The first-order valence-corrected chi connectivity index (χ1v) is 9.79. The molecule has 3 nitrogen and oxygen atoms in total. The average molecular weight is 413 g/mol. The molecule has 0 spiro atoms. The zero-order valence-electron chi connectivity index (χ0n) is 15.7. The van der Waals surface area contributed by atoms with Crippen molar-refractivity contribution in [2.24, 2.45) is 0 Å². The molecular weight excluding hydrogens is 391 g/mol. The molecule has 1 heterocycles. The summed E-state index contributed by atoms with van der Waals surface area (Å²) in [6, 6.07) is 17.3. The van der Waals surface area contributed by atoms with Crippen LogP contribution in [0.4, 0.5) is 0 Å². The predicted molar refractivity (Wildman–Crippen MR) is 116 cm³/mol. The molecule has 0 saturated heterocycles. The molecule has 0 radical (unpaired) electrons. The van der Waals surface area contributed by atoms with E-state index in [1.54, 1.807) is 29.2 Å². The highest BCUT2D eigenvalue weighted by molar-refractivity contribution is 6.42. The fourth-order valence-electron chi connectivity index (χ4n) is 3.10. The van der Waals surface area contributed by atoms with Crippen LogP contribution in [0.3, 0.4) is 0 Å². The summed E-state index contributed by atoms with van der Waals surface area (Å²) in [7, 11) is 0. The van der Waals surface area contributed by atoms with Crippen LogP contribution in [0.15, 0.2) is 73.4 Å². The van der Waals surface area contributed by atoms with Gasteiger partial charge in [0.1, 0.15) is 0 Å². The van der Waals surface area contributed by atoms with Crippen molar-refractivity contribution in [2.45, 2.75) is 20.0 Å². The van der Waals surface area contributed by atoms with E-state index in [2.05, 4.69) is 30.2 Å². The van der Waals surface area contributed by atoms with Crippen LogP contribution in [-0.2, 0) is 13.1 Å². The first kappa shape index (κ1) is 20.2. The smallest absolute Gasteiger partial charge is 0.254 e. The van der Waals surface area contributed by atoms with E-state index in [1.807, 2.05) is 30.5 Å². The van der Waals surface area contributed by atoms with Crippen molar-refractivity contribution in [1.29, 1.82) is 0 Å². The zero-order valence-corrected chi connectivity index (χ0v) is 17.2. The number of aromatic nitrogens is 1. The van der Waals surface area contributed by atoms with Gasteiger partial charge in [-0.15, -0.1) is 6.58 Å². The number of carbonyl (C=O) groups is 1. The minimum atomic E-state index is -0.109. The number of hydrogen-bond acceptors (Lipinski definition) is 1. The lowest BCUT2D eigenvalue weighted by atomic mass is 10.1. The summed E-state index contributed by atoms with van der Waals surface area (Å²) in [4.78, 5) is 14.8. The molecule has 0 saturated carbocycles. The van der Waals surface area contributed by atoms with Crippen molar-refractivity contribution < 1.29 is 4.79 Å². The second kappa shape index (κ2) is 9.13. The van der Waals surface area contributed by atoms with Crippen LogP contribution < -0.4 is 0 Å². The van der Waals surface area contributed by atoms with E-state index < -0.39 is 0 Å². The number of rotatable bonds is 7. The summed E-state index contributed by atoms with van der Waals surface area (Å²) < 4.78 is 2.17. The van der Waals surface area contributed by atoms with Crippen LogP contribution in [0, 0.1) is 6.92 Å². The monoisotopic (exact) mass is 412 g/mol. The Morgan fingerprint density at radius 1 is 1.11 bits per heavy atom. The van der Waals surface area contributed by atoms with Gasteiger partial charge in [0.15, 0.2) is 0 Å². The van der Waals surface area contributed by atoms with Crippen molar-refractivity contribution in [3.63, 3.8) is 0 Å². The molecule has 5 heteroatoms. The molecule has 3 aromatic rings. The third kappa shape index (κ3) is 4.67. The molecule has 144 valence electrons. The second-order valence-electron chi connectivity index (χ2n) is 6.66. The summed E-state index contributed by atoms with van der Waals surface area (Å²) in [6.07, 6.45) is 3.77. The van der Waals surface area contributed by atoms with Gasteiger partial charge in [0.2, 0.25) is 0 Å². The standard InChI is InChI=1S/C23H22Cl2N2O/c1-3-12-27(23(28)18-10-11-21(24)22(25)14-18)16-20-9-6-13-26(20)15-19-8-5-4-7-17(19)2/h3-11,13-14H,1,12,15-16H2,2H3. The van der Waals surface area contributed by atoms with Crippen molar-refractivity contribution in [3.05, 3.63) is 106 Å².